The zero-order valence-corrected chi connectivity index (χ0v) is 14.4. The number of carbonyl (C=O) groups excluding carboxylic acids is 1. The van der Waals surface area contributed by atoms with Crippen molar-refractivity contribution in [3.8, 4) is 0 Å². The lowest BCUT2D eigenvalue weighted by atomic mass is 10.1. The lowest BCUT2D eigenvalue weighted by Crippen LogP contribution is -2.26. The van der Waals surface area contributed by atoms with Gasteiger partial charge in [0.05, 0.1) is 17.1 Å². The van der Waals surface area contributed by atoms with E-state index in [1.165, 1.54) is 4.90 Å². The maximum Gasteiger partial charge on any atom is 0.232 e. The molecular weight excluding hydrogens is 391 g/mol. The van der Waals surface area contributed by atoms with Crippen LogP contribution in [0.3, 0.4) is 0 Å². The number of aryl methyl sites for hydroxylation is 1. The fraction of sp³-hybridized carbons (Fsp3) is 0.455. The van der Waals surface area contributed by atoms with Crippen LogP contribution in [0, 0.1) is 12.8 Å². The fourth-order valence-corrected chi connectivity index (χ4v) is 4.05. The van der Waals surface area contributed by atoms with Gasteiger partial charge in [-0.05, 0) is 28.9 Å². The maximum absolute atomic E-state index is 12.0. The van der Waals surface area contributed by atoms with Crippen LogP contribution in [0.4, 0.5) is 5.69 Å². The molecule has 1 aliphatic heterocycles. The molecule has 0 aliphatic carbocycles. The Bertz CT molecular complexity index is 666. The van der Waals surface area contributed by atoms with Gasteiger partial charge in [-0.1, -0.05) is 11.6 Å². The molecule has 0 aromatic carbocycles. The molecule has 0 N–H and O–H groups in total. The van der Waals surface area contributed by atoms with Crippen LogP contribution in [0.15, 0.2) is 10.5 Å². The van der Waals surface area contributed by atoms with E-state index in [4.69, 9.17) is 22.3 Å². The first-order valence-corrected chi connectivity index (χ1v) is 9.37. The summed E-state index contributed by atoms with van der Waals surface area (Å²) in [6.45, 7) is 2.05. The molecule has 1 aromatic rings. The monoisotopic (exact) mass is 400 g/mol. The number of amides is 1. The van der Waals surface area contributed by atoms with Crippen molar-refractivity contribution >= 4 is 58.9 Å². The minimum atomic E-state index is -3.63. The zero-order valence-electron chi connectivity index (χ0n) is 10.4. The van der Waals surface area contributed by atoms with Crippen molar-refractivity contribution in [3.05, 3.63) is 21.4 Å². The second kappa shape index (κ2) is 5.79. The molecule has 1 fully saturated rings. The summed E-state index contributed by atoms with van der Waals surface area (Å²) in [5.74, 6) is -0.745. The Balaban J connectivity index is 2.26. The number of hydrogen-bond donors (Lipinski definition) is 0. The molecule has 1 unspecified atom stereocenters. The number of rotatable bonds is 3. The zero-order chi connectivity index (χ0) is 15.1. The van der Waals surface area contributed by atoms with Gasteiger partial charge < -0.3 is 4.90 Å². The Morgan fingerprint density at radius 3 is 2.80 bits per heavy atom. The summed E-state index contributed by atoms with van der Waals surface area (Å²) in [6.07, 6.45) is 0.133. The van der Waals surface area contributed by atoms with Crippen LogP contribution in [0.1, 0.15) is 12.1 Å². The summed E-state index contributed by atoms with van der Waals surface area (Å²) >= 11 is 9.39. The number of anilines is 1. The van der Waals surface area contributed by atoms with E-state index < -0.39 is 9.05 Å². The Morgan fingerprint density at radius 1 is 1.55 bits per heavy atom. The van der Waals surface area contributed by atoms with Gasteiger partial charge in [0.1, 0.15) is 0 Å². The molecule has 0 saturated carbocycles. The third-order valence-corrected chi connectivity index (χ3v) is 5.35. The van der Waals surface area contributed by atoms with Crippen molar-refractivity contribution in [2.24, 2.45) is 5.92 Å². The summed E-state index contributed by atoms with van der Waals surface area (Å²) in [6, 6.07) is 1.71. The predicted octanol–water partition coefficient (Wildman–Crippen LogP) is 2.73. The summed E-state index contributed by atoms with van der Waals surface area (Å²) in [5, 5.41) is 0.216. The lowest BCUT2D eigenvalue weighted by Gasteiger charge is -2.18. The van der Waals surface area contributed by atoms with E-state index in [9.17, 15) is 13.2 Å². The van der Waals surface area contributed by atoms with E-state index in [1.54, 1.807) is 13.0 Å². The predicted molar refractivity (Wildman–Crippen MR) is 81.8 cm³/mol. The second-order valence-corrected chi connectivity index (χ2v) is 8.68. The summed E-state index contributed by atoms with van der Waals surface area (Å²) in [7, 11) is 1.60. The standard InChI is InChI=1S/C11H11BrCl2N2O3S/c1-6-8(12)3-9(11(13)15-6)16-4-7(2-10(16)17)5-20(14,18)19/h3,7H,2,4-5H2,1H3. The van der Waals surface area contributed by atoms with E-state index in [-0.39, 0.29) is 35.7 Å². The Kier molecular flexibility index (Phi) is 4.63. The van der Waals surface area contributed by atoms with Gasteiger partial charge in [-0.2, -0.15) is 0 Å². The fourth-order valence-electron chi connectivity index (χ4n) is 2.14. The van der Waals surface area contributed by atoms with Crippen LogP contribution in [0.5, 0.6) is 0 Å². The van der Waals surface area contributed by atoms with Gasteiger partial charge in [0.2, 0.25) is 15.0 Å². The number of nitrogens with zero attached hydrogens (tertiary/aromatic N) is 2. The van der Waals surface area contributed by atoms with Crippen LogP contribution < -0.4 is 4.90 Å². The third-order valence-electron chi connectivity index (χ3n) is 3.02. The van der Waals surface area contributed by atoms with Gasteiger partial charge >= 0.3 is 0 Å². The Labute approximate surface area is 134 Å². The van der Waals surface area contributed by atoms with Crippen LogP contribution in [-0.2, 0) is 13.8 Å². The van der Waals surface area contributed by atoms with Gasteiger partial charge in [0.15, 0.2) is 5.15 Å². The number of halogens is 3. The lowest BCUT2D eigenvalue weighted by molar-refractivity contribution is -0.117. The highest BCUT2D eigenvalue weighted by Crippen LogP contribution is 2.33. The largest absolute Gasteiger partial charge is 0.309 e. The topological polar surface area (TPSA) is 67.3 Å². The van der Waals surface area contributed by atoms with Crippen molar-refractivity contribution in [1.29, 1.82) is 0 Å². The highest BCUT2D eigenvalue weighted by atomic mass is 79.9. The number of carbonyl (C=O) groups is 1. The Morgan fingerprint density at radius 2 is 2.20 bits per heavy atom. The molecular formula is C11H11BrCl2N2O3S. The number of hydrogen-bond acceptors (Lipinski definition) is 4. The van der Waals surface area contributed by atoms with Gasteiger partial charge in [-0.25, -0.2) is 13.4 Å². The van der Waals surface area contributed by atoms with Crippen molar-refractivity contribution in [2.75, 3.05) is 17.2 Å². The molecule has 1 aromatic heterocycles. The molecule has 0 bridgehead atoms. The minimum Gasteiger partial charge on any atom is -0.309 e. The highest BCUT2D eigenvalue weighted by Gasteiger charge is 2.34. The first kappa shape index (κ1) is 16.0. The molecule has 0 spiro atoms. The SMILES string of the molecule is Cc1nc(Cl)c(N2CC(CS(=O)(=O)Cl)CC2=O)cc1Br. The normalized spacial score (nSPS) is 19.7. The van der Waals surface area contributed by atoms with E-state index in [0.717, 1.165) is 4.47 Å². The molecule has 110 valence electrons. The quantitative estimate of drug-likeness (QED) is 0.576. The van der Waals surface area contributed by atoms with Crippen LogP contribution >= 0.6 is 38.2 Å². The first-order chi connectivity index (χ1) is 9.17. The average Bonchev–Trinajstić information content (AvgIpc) is 2.62. The number of aromatic nitrogens is 1. The van der Waals surface area contributed by atoms with Gasteiger partial charge in [-0.15, -0.1) is 0 Å². The van der Waals surface area contributed by atoms with E-state index in [2.05, 4.69) is 20.9 Å². The molecule has 1 aliphatic rings. The first-order valence-electron chi connectivity index (χ1n) is 5.72. The molecule has 0 radical (unpaired) electrons. The summed E-state index contributed by atoms with van der Waals surface area (Å²) in [5.41, 5.74) is 1.19. The smallest absolute Gasteiger partial charge is 0.232 e. The van der Waals surface area contributed by atoms with Crippen molar-refractivity contribution < 1.29 is 13.2 Å². The van der Waals surface area contributed by atoms with Gasteiger partial charge in [-0.3, -0.25) is 4.79 Å². The minimum absolute atomic E-state index is 0.133. The third kappa shape index (κ3) is 3.63. The molecule has 20 heavy (non-hydrogen) atoms. The molecule has 1 atom stereocenters. The van der Waals surface area contributed by atoms with Crippen molar-refractivity contribution in [1.82, 2.24) is 4.98 Å². The van der Waals surface area contributed by atoms with Crippen LogP contribution in [-0.4, -0.2) is 31.6 Å². The van der Waals surface area contributed by atoms with E-state index >= 15 is 0 Å². The van der Waals surface area contributed by atoms with E-state index in [0.29, 0.717) is 11.4 Å². The van der Waals surface area contributed by atoms with Crippen molar-refractivity contribution in [2.45, 2.75) is 13.3 Å². The van der Waals surface area contributed by atoms with Gasteiger partial charge in [0.25, 0.3) is 0 Å². The summed E-state index contributed by atoms with van der Waals surface area (Å²) < 4.78 is 22.9. The molecule has 5 nitrogen and oxygen atoms in total. The van der Waals surface area contributed by atoms with E-state index in [1.807, 2.05) is 0 Å². The summed E-state index contributed by atoms with van der Waals surface area (Å²) in [4.78, 5) is 17.6. The second-order valence-electron chi connectivity index (χ2n) is 4.65. The maximum atomic E-state index is 12.0. The van der Waals surface area contributed by atoms with Crippen LogP contribution in [0.25, 0.3) is 0 Å². The average molecular weight is 402 g/mol. The molecule has 1 amide bonds. The molecule has 1 saturated heterocycles. The molecule has 2 rings (SSSR count). The molecule has 9 heteroatoms. The number of pyridine rings is 1. The van der Waals surface area contributed by atoms with Crippen LogP contribution in [0.2, 0.25) is 5.15 Å². The van der Waals surface area contributed by atoms with Crippen molar-refractivity contribution in [3.63, 3.8) is 0 Å². The molecule has 2 heterocycles. The van der Waals surface area contributed by atoms with Gasteiger partial charge in [0, 0.05) is 34.0 Å². The Hall–Kier alpha value is -0.370. The highest BCUT2D eigenvalue weighted by molar-refractivity contribution is 9.10.